The summed E-state index contributed by atoms with van der Waals surface area (Å²) in [5.41, 5.74) is 0.185. The highest BCUT2D eigenvalue weighted by Gasteiger charge is 2.17. The molecule has 0 fully saturated rings. The molecule has 1 aromatic heterocycles. The Hall–Kier alpha value is -2.90. The fourth-order valence-corrected chi connectivity index (χ4v) is 1.47. The third-order valence-corrected chi connectivity index (χ3v) is 2.40. The van der Waals surface area contributed by atoms with Crippen LogP contribution in [0.3, 0.4) is 0 Å². The SMILES string of the molecule is COC(=O)c1nn(-c2ccc([N+](=O)[O-])cc2)cc1O. The summed E-state index contributed by atoms with van der Waals surface area (Å²) < 4.78 is 5.68. The molecule has 8 heteroatoms. The van der Waals surface area contributed by atoms with Gasteiger partial charge >= 0.3 is 5.97 Å². The van der Waals surface area contributed by atoms with E-state index in [1.165, 1.54) is 42.3 Å². The smallest absolute Gasteiger partial charge is 0.362 e. The number of nitro benzene ring substituents is 1. The second-order valence-electron chi connectivity index (χ2n) is 3.57. The Morgan fingerprint density at radius 1 is 1.42 bits per heavy atom. The first-order chi connectivity index (χ1) is 9.02. The maximum absolute atomic E-state index is 11.3. The molecule has 0 atom stereocenters. The van der Waals surface area contributed by atoms with Gasteiger partial charge in [0.1, 0.15) is 0 Å². The molecular formula is C11H9N3O5. The third-order valence-electron chi connectivity index (χ3n) is 2.40. The lowest BCUT2D eigenvalue weighted by Crippen LogP contribution is -2.04. The first-order valence-electron chi connectivity index (χ1n) is 5.14. The molecule has 0 saturated heterocycles. The average molecular weight is 263 g/mol. The maximum Gasteiger partial charge on any atom is 0.362 e. The number of non-ortho nitro benzene ring substituents is 1. The van der Waals surface area contributed by atoms with Gasteiger partial charge in [-0.25, -0.2) is 9.48 Å². The van der Waals surface area contributed by atoms with Gasteiger partial charge in [0.05, 0.1) is 23.9 Å². The topological polar surface area (TPSA) is 107 Å². The number of nitrogens with zero attached hydrogens (tertiary/aromatic N) is 3. The molecule has 98 valence electrons. The van der Waals surface area contributed by atoms with Crippen molar-refractivity contribution in [3.63, 3.8) is 0 Å². The van der Waals surface area contributed by atoms with E-state index in [1.54, 1.807) is 0 Å². The maximum atomic E-state index is 11.3. The van der Waals surface area contributed by atoms with Gasteiger partial charge in [-0.2, -0.15) is 5.10 Å². The average Bonchev–Trinajstić information content (AvgIpc) is 2.80. The van der Waals surface area contributed by atoms with Gasteiger partial charge in [-0.3, -0.25) is 10.1 Å². The van der Waals surface area contributed by atoms with Crippen molar-refractivity contribution in [2.24, 2.45) is 0 Å². The number of carbonyl (C=O) groups is 1. The lowest BCUT2D eigenvalue weighted by Gasteiger charge is -1.99. The summed E-state index contributed by atoms with van der Waals surface area (Å²) in [5.74, 6) is -1.09. The van der Waals surface area contributed by atoms with E-state index in [9.17, 15) is 20.0 Å². The number of nitro groups is 1. The molecule has 0 unspecified atom stereocenters. The van der Waals surface area contributed by atoms with Gasteiger partial charge in [0.15, 0.2) is 5.75 Å². The summed E-state index contributed by atoms with van der Waals surface area (Å²) in [4.78, 5) is 21.3. The van der Waals surface area contributed by atoms with Crippen LogP contribution in [0, 0.1) is 10.1 Å². The number of hydrogen-bond acceptors (Lipinski definition) is 6. The van der Waals surface area contributed by atoms with Crippen LogP contribution in [0.5, 0.6) is 5.75 Å². The Morgan fingerprint density at radius 3 is 2.58 bits per heavy atom. The van der Waals surface area contributed by atoms with Crippen LogP contribution in [0.4, 0.5) is 5.69 Å². The lowest BCUT2D eigenvalue weighted by molar-refractivity contribution is -0.384. The highest BCUT2D eigenvalue weighted by Crippen LogP contribution is 2.20. The largest absolute Gasteiger partial charge is 0.504 e. The number of rotatable bonds is 3. The molecular weight excluding hydrogens is 254 g/mol. The Bertz CT molecular complexity index is 632. The Morgan fingerprint density at radius 2 is 2.05 bits per heavy atom. The number of aromatic nitrogens is 2. The Kier molecular flexibility index (Phi) is 3.15. The molecule has 1 heterocycles. The molecule has 0 amide bonds. The number of carbonyl (C=O) groups excluding carboxylic acids is 1. The first kappa shape index (κ1) is 12.6. The monoisotopic (exact) mass is 263 g/mol. The second-order valence-corrected chi connectivity index (χ2v) is 3.57. The van der Waals surface area contributed by atoms with E-state index in [0.717, 1.165) is 0 Å². The molecule has 0 aliphatic heterocycles. The zero-order valence-electron chi connectivity index (χ0n) is 9.81. The number of methoxy groups -OCH3 is 1. The normalized spacial score (nSPS) is 10.2. The molecule has 8 nitrogen and oxygen atoms in total. The standard InChI is InChI=1S/C11H9N3O5/c1-19-11(16)10-9(15)6-13(12-10)7-2-4-8(5-3-7)14(17)18/h2-6,15H,1H3. The zero-order valence-corrected chi connectivity index (χ0v) is 9.81. The van der Waals surface area contributed by atoms with Crippen molar-refractivity contribution in [1.29, 1.82) is 0 Å². The highest BCUT2D eigenvalue weighted by molar-refractivity contribution is 5.90. The Balaban J connectivity index is 2.37. The van der Waals surface area contributed by atoms with Crippen LogP contribution >= 0.6 is 0 Å². The quantitative estimate of drug-likeness (QED) is 0.507. The Labute approximate surface area is 107 Å². The molecule has 0 radical (unpaired) electrons. The van der Waals surface area contributed by atoms with Crippen molar-refractivity contribution in [3.05, 3.63) is 46.3 Å². The van der Waals surface area contributed by atoms with E-state index in [-0.39, 0.29) is 17.1 Å². The summed E-state index contributed by atoms with van der Waals surface area (Å²) in [6, 6.07) is 5.50. The van der Waals surface area contributed by atoms with E-state index in [1.807, 2.05) is 0 Å². The predicted molar refractivity (Wildman–Crippen MR) is 63.2 cm³/mol. The molecule has 0 saturated carbocycles. The predicted octanol–water partition coefficient (Wildman–Crippen LogP) is 1.27. The summed E-state index contributed by atoms with van der Waals surface area (Å²) in [6.07, 6.45) is 1.22. The molecule has 2 rings (SSSR count). The minimum Gasteiger partial charge on any atom is -0.504 e. The van der Waals surface area contributed by atoms with Crippen LogP contribution in [0.25, 0.3) is 5.69 Å². The van der Waals surface area contributed by atoms with E-state index in [4.69, 9.17) is 0 Å². The number of benzene rings is 1. The highest BCUT2D eigenvalue weighted by atomic mass is 16.6. The summed E-state index contributed by atoms with van der Waals surface area (Å²) in [7, 11) is 1.17. The van der Waals surface area contributed by atoms with Crippen LogP contribution < -0.4 is 0 Å². The first-order valence-corrected chi connectivity index (χ1v) is 5.14. The second kappa shape index (κ2) is 4.77. The van der Waals surface area contributed by atoms with E-state index in [2.05, 4.69) is 9.84 Å². The van der Waals surface area contributed by atoms with Gasteiger partial charge < -0.3 is 9.84 Å². The van der Waals surface area contributed by atoms with Gasteiger partial charge in [0, 0.05) is 12.1 Å². The zero-order chi connectivity index (χ0) is 14.0. The molecule has 0 aliphatic carbocycles. The molecule has 1 N–H and O–H groups in total. The van der Waals surface area contributed by atoms with E-state index < -0.39 is 10.9 Å². The molecule has 1 aromatic carbocycles. The fourth-order valence-electron chi connectivity index (χ4n) is 1.47. The molecule has 2 aromatic rings. The van der Waals surface area contributed by atoms with Gasteiger partial charge in [-0.05, 0) is 12.1 Å². The van der Waals surface area contributed by atoms with Crippen LogP contribution in [-0.4, -0.2) is 32.9 Å². The van der Waals surface area contributed by atoms with Crippen molar-refractivity contribution in [3.8, 4) is 11.4 Å². The third kappa shape index (κ3) is 2.37. The fraction of sp³-hybridized carbons (Fsp3) is 0.0909. The van der Waals surface area contributed by atoms with Crippen molar-refractivity contribution >= 4 is 11.7 Å². The van der Waals surface area contributed by atoms with Crippen LogP contribution in [0.15, 0.2) is 30.5 Å². The van der Waals surface area contributed by atoms with Crippen molar-refractivity contribution in [1.82, 2.24) is 9.78 Å². The number of ether oxygens (including phenoxy) is 1. The molecule has 19 heavy (non-hydrogen) atoms. The lowest BCUT2D eigenvalue weighted by atomic mass is 10.3. The minimum atomic E-state index is -0.766. The van der Waals surface area contributed by atoms with E-state index in [0.29, 0.717) is 5.69 Å². The van der Waals surface area contributed by atoms with Crippen molar-refractivity contribution in [2.45, 2.75) is 0 Å². The van der Waals surface area contributed by atoms with Gasteiger partial charge in [0.25, 0.3) is 5.69 Å². The van der Waals surface area contributed by atoms with E-state index >= 15 is 0 Å². The van der Waals surface area contributed by atoms with Gasteiger partial charge in [0.2, 0.25) is 5.69 Å². The van der Waals surface area contributed by atoms with Gasteiger partial charge in [-0.15, -0.1) is 0 Å². The summed E-state index contributed by atoms with van der Waals surface area (Å²) in [5, 5.41) is 23.9. The van der Waals surface area contributed by atoms with Crippen LogP contribution in [0.2, 0.25) is 0 Å². The van der Waals surface area contributed by atoms with Gasteiger partial charge in [-0.1, -0.05) is 0 Å². The number of aromatic hydroxyl groups is 1. The molecule has 0 spiro atoms. The molecule has 0 aliphatic rings. The number of esters is 1. The molecule has 0 bridgehead atoms. The summed E-state index contributed by atoms with van der Waals surface area (Å²) >= 11 is 0. The van der Waals surface area contributed by atoms with Crippen LogP contribution in [-0.2, 0) is 4.74 Å². The summed E-state index contributed by atoms with van der Waals surface area (Å²) in [6.45, 7) is 0. The van der Waals surface area contributed by atoms with Crippen LogP contribution in [0.1, 0.15) is 10.5 Å². The van der Waals surface area contributed by atoms with Crippen molar-refractivity contribution in [2.75, 3.05) is 7.11 Å². The number of hydrogen-bond donors (Lipinski definition) is 1. The minimum absolute atomic E-state index is 0.0617. The van der Waals surface area contributed by atoms with Crippen molar-refractivity contribution < 1.29 is 19.6 Å².